The number of unbranched alkanes of at least 4 members (excludes halogenated alkanes) is 11. The van der Waals surface area contributed by atoms with E-state index in [2.05, 4.69) is 25.7 Å². The number of rotatable bonds is 20. The summed E-state index contributed by atoms with van der Waals surface area (Å²) in [5.41, 5.74) is 0.193. The van der Waals surface area contributed by atoms with Crippen molar-refractivity contribution in [1.82, 2.24) is 0 Å². The predicted octanol–water partition coefficient (Wildman–Crippen LogP) is 11.1. The molecule has 5 nitrogen and oxygen atoms in total. The van der Waals surface area contributed by atoms with Gasteiger partial charge in [-0.15, -0.1) is 0 Å². The minimum atomic E-state index is -1.33. The lowest BCUT2D eigenvalue weighted by Crippen LogP contribution is -2.16. The molecule has 3 aromatic rings. The van der Waals surface area contributed by atoms with Gasteiger partial charge in [0.1, 0.15) is 11.6 Å². The Morgan fingerprint density at radius 1 is 0.653 bits per heavy atom. The molecule has 0 aliphatic rings. The summed E-state index contributed by atoms with van der Waals surface area (Å²) in [6, 6.07) is 12.5. The number of esters is 2. The van der Waals surface area contributed by atoms with E-state index in [-0.39, 0.29) is 29.8 Å². The van der Waals surface area contributed by atoms with Crippen LogP contribution < -0.4 is 9.47 Å². The maximum absolute atomic E-state index is 14.7. The summed E-state index contributed by atoms with van der Waals surface area (Å²) in [7, 11) is 0. The van der Waals surface area contributed by atoms with Crippen LogP contribution in [0, 0.1) is 29.3 Å². The molecular formula is C41H49F3O5. The Kier molecular flexibility index (Phi) is 17.3. The van der Waals surface area contributed by atoms with Crippen molar-refractivity contribution in [2.75, 3.05) is 6.61 Å². The lowest BCUT2D eigenvalue weighted by atomic mass is 10.1. The highest BCUT2D eigenvalue weighted by atomic mass is 19.2. The van der Waals surface area contributed by atoms with Crippen LogP contribution >= 0.6 is 0 Å². The van der Waals surface area contributed by atoms with Gasteiger partial charge in [0.25, 0.3) is 0 Å². The highest BCUT2D eigenvalue weighted by molar-refractivity contribution is 5.91. The van der Waals surface area contributed by atoms with Gasteiger partial charge in [-0.05, 0) is 80.8 Å². The first-order valence-corrected chi connectivity index (χ1v) is 17.7. The van der Waals surface area contributed by atoms with E-state index in [1.54, 1.807) is 19.1 Å². The van der Waals surface area contributed by atoms with E-state index in [9.17, 15) is 22.8 Å². The molecule has 0 saturated carbocycles. The molecule has 1 atom stereocenters. The molecule has 0 heterocycles. The average Bonchev–Trinajstić information content (AvgIpc) is 3.09. The standard InChI is InChI=1S/C41H49F3O5/c1-4-6-8-10-11-12-13-14-16-28-47-37-27-26-35(38(43)39(37)44)41(46)49-33-23-20-31(21-24-33)18-19-32-22-25-34(36(42)29-32)40(45)48-30(3)17-15-9-7-5-2/h20-27,29-30H,4-17,28H2,1-3H3. The topological polar surface area (TPSA) is 61.8 Å². The second kappa shape index (κ2) is 21.7. The van der Waals surface area contributed by atoms with Crippen LogP contribution in [0.4, 0.5) is 13.2 Å². The van der Waals surface area contributed by atoms with Gasteiger partial charge in [0.2, 0.25) is 5.82 Å². The summed E-state index contributed by atoms with van der Waals surface area (Å²) >= 11 is 0. The van der Waals surface area contributed by atoms with Crippen LogP contribution in [0.1, 0.15) is 143 Å². The minimum absolute atomic E-state index is 0.106. The van der Waals surface area contributed by atoms with Gasteiger partial charge in [0.05, 0.1) is 23.8 Å². The zero-order valence-corrected chi connectivity index (χ0v) is 29.1. The van der Waals surface area contributed by atoms with Gasteiger partial charge < -0.3 is 14.2 Å². The van der Waals surface area contributed by atoms with E-state index >= 15 is 0 Å². The van der Waals surface area contributed by atoms with Crippen LogP contribution in [0.2, 0.25) is 0 Å². The van der Waals surface area contributed by atoms with Crippen molar-refractivity contribution < 1.29 is 37.0 Å². The van der Waals surface area contributed by atoms with Crippen LogP contribution in [-0.2, 0) is 4.74 Å². The zero-order valence-electron chi connectivity index (χ0n) is 29.1. The van der Waals surface area contributed by atoms with Gasteiger partial charge in [-0.1, -0.05) is 96.3 Å². The Hall–Kier alpha value is -4.25. The van der Waals surface area contributed by atoms with Gasteiger partial charge >= 0.3 is 11.9 Å². The summed E-state index contributed by atoms with van der Waals surface area (Å²) in [5.74, 6) is 0.531. The Morgan fingerprint density at radius 3 is 1.88 bits per heavy atom. The fourth-order valence-electron chi connectivity index (χ4n) is 5.23. The smallest absolute Gasteiger partial charge is 0.346 e. The maximum Gasteiger partial charge on any atom is 0.346 e. The molecule has 0 aliphatic heterocycles. The fourth-order valence-corrected chi connectivity index (χ4v) is 5.23. The summed E-state index contributed by atoms with van der Waals surface area (Å²) < 4.78 is 60.1. The molecule has 0 N–H and O–H groups in total. The van der Waals surface area contributed by atoms with Crippen LogP contribution in [0.3, 0.4) is 0 Å². The van der Waals surface area contributed by atoms with Crippen molar-refractivity contribution in [1.29, 1.82) is 0 Å². The second-order valence-electron chi connectivity index (χ2n) is 12.3. The largest absolute Gasteiger partial charge is 0.490 e. The molecular weight excluding hydrogens is 629 g/mol. The van der Waals surface area contributed by atoms with Crippen molar-refractivity contribution in [3.63, 3.8) is 0 Å². The van der Waals surface area contributed by atoms with E-state index < -0.39 is 35.0 Å². The summed E-state index contributed by atoms with van der Waals surface area (Å²) in [5, 5.41) is 0. The van der Waals surface area contributed by atoms with E-state index in [4.69, 9.17) is 14.2 Å². The third kappa shape index (κ3) is 13.6. The van der Waals surface area contributed by atoms with Crippen molar-refractivity contribution in [2.24, 2.45) is 0 Å². The van der Waals surface area contributed by atoms with Crippen molar-refractivity contribution in [2.45, 2.75) is 117 Å². The highest BCUT2D eigenvalue weighted by Gasteiger charge is 2.21. The summed E-state index contributed by atoms with van der Waals surface area (Å²) in [4.78, 5) is 25.0. The monoisotopic (exact) mass is 678 g/mol. The van der Waals surface area contributed by atoms with E-state index in [0.717, 1.165) is 63.9 Å². The summed E-state index contributed by atoms with van der Waals surface area (Å²) in [6.07, 6.45) is 14.9. The fraction of sp³-hybridized carbons (Fsp3) is 0.463. The van der Waals surface area contributed by atoms with Crippen LogP contribution in [-0.4, -0.2) is 24.6 Å². The predicted molar refractivity (Wildman–Crippen MR) is 186 cm³/mol. The van der Waals surface area contributed by atoms with E-state index in [1.807, 2.05) is 0 Å². The maximum atomic E-state index is 14.7. The average molecular weight is 679 g/mol. The Bertz CT molecular complexity index is 1540. The van der Waals surface area contributed by atoms with Crippen LogP contribution in [0.15, 0.2) is 54.6 Å². The quantitative estimate of drug-likeness (QED) is 0.0515. The Morgan fingerprint density at radius 2 is 1.22 bits per heavy atom. The Balaban J connectivity index is 1.48. The van der Waals surface area contributed by atoms with Gasteiger partial charge in [-0.2, -0.15) is 4.39 Å². The molecule has 8 heteroatoms. The van der Waals surface area contributed by atoms with Crippen molar-refractivity contribution in [3.05, 3.63) is 94.3 Å². The van der Waals surface area contributed by atoms with Gasteiger partial charge in [-0.25, -0.2) is 18.4 Å². The number of ether oxygens (including phenoxy) is 3. The third-order valence-electron chi connectivity index (χ3n) is 8.15. The van der Waals surface area contributed by atoms with Crippen molar-refractivity contribution >= 4 is 11.9 Å². The molecule has 0 aromatic heterocycles. The second-order valence-corrected chi connectivity index (χ2v) is 12.3. The number of benzene rings is 3. The third-order valence-corrected chi connectivity index (χ3v) is 8.15. The van der Waals surface area contributed by atoms with Gasteiger partial charge in [0, 0.05) is 11.1 Å². The zero-order chi connectivity index (χ0) is 35.4. The van der Waals surface area contributed by atoms with E-state index in [0.29, 0.717) is 11.1 Å². The molecule has 0 bridgehead atoms. The number of hydrogen-bond acceptors (Lipinski definition) is 5. The summed E-state index contributed by atoms with van der Waals surface area (Å²) in [6.45, 7) is 6.39. The molecule has 0 saturated heterocycles. The Labute approximate surface area is 289 Å². The lowest BCUT2D eigenvalue weighted by molar-refractivity contribution is 0.0314. The first-order chi connectivity index (χ1) is 23.7. The number of carbonyl (C=O) groups is 2. The molecule has 0 aliphatic carbocycles. The van der Waals surface area contributed by atoms with Crippen LogP contribution in [0.25, 0.3) is 0 Å². The van der Waals surface area contributed by atoms with E-state index in [1.165, 1.54) is 68.5 Å². The molecule has 0 amide bonds. The number of halogens is 3. The van der Waals surface area contributed by atoms with Gasteiger partial charge in [-0.3, -0.25) is 0 Å². The number of hydrogen-bond donors (Lipinski definition) is 0. The lowest BCUT2D eigenvalue weighted by Gasteiger charge is -2.13. The first-order valence-electron chi connectivity index (χ1n) is 17.7. The highest BCUT2D eigenvalue weighted by Crippen LogP contribution is 2.25. The van der Waals surface area contributed by atoms with Crippen molar-refractivity contribution in [3.8, 4) is 23.3 Å². The minimum Gasteiger partial charge on any atom is -0.490 e. The molecule has 3 rings (SSSR count). The molecule has 49 heavy (non-hydrogen) atoms. The first kappa shape index (κ1) is 39.2. The molecule has 0 radical (unpaired) electrons. The SMILES string of the molecule is CCCCCCCCCCCOc1ccc(C(=O)Oc2ccc(C#Cc3ccc(C(=O)OC(C)CCCCCC)c(F)c3)cc2)c(F)c1F. The molecule has 3 aromatic carbocycles. The molecule has 1 unspecified atom stereocenters. The number of carbonyl (C=O) groups excluding carboxylic acids is 2. The van der Waals surface area contributed by atoms with Crippen LogP contribution in [0.5, 0.6) is 11.5 Å². The van der Waals surface area contributed by atoms with Gasteiger partial charge in [0.15, 0.2) is 11.6 Å². The molecule has 0 fully saturated rings. The molecule has 264 valence electrons. The molecule has 0 spiro atoms. The normalized spacial score (nSPS) is 11.4.